The molecule has 0 saturated heterocycles. The van der Waals surface area contributed by atoms with E-state index in [4.69, 9.17) is 0 Å². The lowest BCUT2D eigenvalue weighted by Crippen LogP contribution is -2.31. The van der Waals surface area contributed by atoms with Crippen LogP contribution in [-0.4, -0.2) is 32.9 Å². The van der Waals surface area contributed by atoms with Crippen LogP contribution in [0.1, 0.15) is 17.7 Å². The van der Waals surface area contributed by atoms with Crippen molar-refractivity contribution < 1.29 is 4.79 Å². The molecule has 4 N–H and O–H groups in total. The van der Waals surface area contributed by atoms with Gasteiger partial charge in [0.05, 0.1) is 15.6 Å². The van der Waals surface area contributed by atoms with Crippen molar-refractivity contribution in [2.75, 3.05) is 12.4 Å². The van der Waals surface area contributed by atoms with E-state index in [0.717, 1.165) is 51.0 Å². The quantitative estimate of drug-likeness (QED) is 0.426. The van der Waals surface area contributed by atoms with Gasteiger partial charge in [0.15, 0.2) is 0 Å². The summed E-state index contributed by atoms with van der Waals surface area (Å²) >= 11 is 1.18. The first-order valence-corrected chi connectivity index (χ1v) is 9.90. The summed E-state index contributed by atoms with van der Waals surface area (Å²) in [4.78, 5) is 38.6. The normalized spacial score (nSPS) is 16.2. The summed E-state index contributed by atoms with van der Waals surface area (Å²) in [7, 11) is 1.68. The number of carbonyl (C=O) groups excluding carboxylic acids is 1. The van der Waals surface area contributed by atoms with Crippen molar-refractivity contribution in [1.29, 1.82) is 0 Å². The van der Waals surface area contributed by atoms with E-state index in [2.05, 4.69) is 30.6 Å². The molecule has 1 aliphatic carbocycles. The first kappa shape index (κ1) is 16.9. The Kier molecular flexibility index (Phi) is 3.90. The van der Waals surface area contributed by atoms with E-state index in [1.807, 2.05) is 18.2 Å². The van der Waals surface area contributed by atoms with Crippen LogP contribution in [0.4, 0.5) is 11.5 Å². The second kappa shape index (κ2) is 6.45. The molecule has 9 heteroatoms. The van der Waals surface area contributed by atoms with Crippen LogP contribution >= 0.6 is 11.3 Å². The van der Waals surface area contributed by atoms with Gasteiger partial charge < -0.3 is 20.6 Å². The highest BCUT2D eigenvalue weighted by Crippen LogP contribution is 2.35. The van der Waals surface area contributed by atoms with E-state index in [9.17, 15) is 9.59 Å². The number of fused-ring (bicyclic) bond motifs is 4. The van der Waals surface area contributed by atoms with Gasteiger partial charge in [0, 0.05) is 24.3 Å². The fraction of sp³-hybridized carbons (Fsp3) is 0.263. The van der Waals surface area contributed by atoms with Crippen LogP contribution < -0.4 is 15.5 Å². The molecule has 1 atom stereocenters. The van der Waals surface area contributed by atoms with Crippen LogP contribution in [-0.2, 0) is 17.6 Å². The van der Waals surface area contributed by atoms with Gasteiger partial charge >= 0.3 is 4.87 Å². The summed E-state index contributed by atoms with van der Waals surface area (Å²) in [5.41, 5.74) is 4.66. The minimum atomic E-state index is -0.0727. The zero-order chi connectivity index (χ0) is 19.3. The number of anilines is 2. The minimum absolute atomic E-state index is 0.0435. The number of thiazole rings is 1. The predicted octanol–water partition coefficient (Wildman–Crippen LogP) is 2.46. The molecule has 28 heavy (non-hydrogen) atoms. The molecule has 0 spiro atoms. The lowest BCUT2D eigenvalue weighted by atomic mass is 9.86. The Balaban J connectivity index is 1.57. The molecule has 1 aromatic carbocycles. The maximum atomic E-state index is 12.1. The Morgan fingerprint density at radius 1 is 1.29 bits per heavy atom. The summed E-state index contributed by atoms with van der Waals surface area (Å²) in [6.07, 6.45) is 3.82. The van der Waals surface area contributed by atoms with E-state index in [1.54, 1.807) is 7.05 Å². The lowest BCUT2D eigenvalue weighted by molar-refractivity contribution is -0.124. The monoisotopic (exact) mass is 394 g/mol. The highest BCUT2D eigenvalue weighted by atomic mass is 32.1. The van der Waals surface area contributed by atoms with Crippen LogP contribution in [0.5, 0.6) is 0 Å². The number of aromatic nitrogens is 4. The molecule has 1 amide bonds. The van der Waals surface area contributed by atoms with E-state index < -0.39 is 0 Å². The third-order valence-corrected chi connectivity index (χ3v) is 6.12. The molecule has 5 rings (SSSR count). The highest BCUT2D eigenvalue weighted by Gasteiger charge is 2.28. The average molecular weight is 394 g/mol. The maximum Gasteiger partial charge on any atom is 0.305 e. The number of carbonyl (C=O) groups is 1. The van der Waals surface area contributed by atoms with Gasteiger partial charge in [-0.25, -0.2) is 9.97 Å². The summed E-state index contributed by atoms with van der Waals surface area (Å²) in [5.74, 6) is 0.722. The van der Waals surface area contributed by atoms with Gasteiger partial charge in [-0.15, -0.1) is 0 Å². The zero-order valence-electron chi connectivity index (χ0n) is 15.1. The molecular weight excluding hydrogens is 376 g/mol. The van der Waals surface area contributed by atoms with Crippen molar-refractivity contribution in [3.63, 3.8) is 0 Å². The van der Waals surface area contributed by atoms with Crippen LogP contribution in [0.2, 0.25) is 0 Å². The van der Waals surface area contributed by atoms with Crippen molar-refractivity contribution in [2.45, 2.75) is 19.3 Å². The SMILES string of the molecule is CNC(=O)[C@H]1CCc2[nH]c3ncnc(Nc4ccc5[nH]c(=O)sc5c4)c3c2C1. The molecule has 1 aliphatic rings. The second-order valence-electron chi connectivity index (χ2n) is 6.93. The third kappa shape index (κ3) is 2.75. The molecule has 3 heterocycles. The predicted molar refractivity (Wildman–Crippen MR) is 109 cm³/mol. The van der Waals surface area contributed by atoms with Gasteiger partial charge in [0.1, 0.15) is 17.8 Å². The maximum absolute atomic E-state index is 12.1. The number of benzene rings is 1. The van der Waals surface area contributed by atoms with E-state index >= 15 is 0 Å². The lowest BCUT2D eigenvalue weighted by Gasteiger charge is -2.21. The smallest absolute Gasteiger partial charge is 0.305 e. The summed E-state index contributed by atoms with van der Waals surface area (Å²) in [6.45, 7) is 0. The van der Waals surface area contributed by atoms with Crippen molar-refractivity contribution in [3.8, 4) is 0 Å². The summed E-state index contributed by atoms with van der Waals surface area (Å²) < 4.78 is 0.885. The standard InChI is InChI=1S/C19H18N6O2S/c1-20-18(26)9-2-4-12-11(6-9)15-16(21-8-22-17(15)24-12)23-10-3-5-13-14(7-10)28-19(27)25-13/h3,5,7-9H,2,4,6H2,1H3,(H,20,26)(H,25,27)(H2,21,22,23,24)/t9-/m0/s1. The molecular formula is C19H18N6O2S. The molecule has 8 nitrogen and oxygen atoms in total. The number of amides is 1. The topological polar surface area (TPSA) is 116 Å². The first-order valence-electron chi connectivity index (χ1n) is 9.08. The molecule has 142 valence electrons. The van der Waals surface area contributed by atoms with Gasteiger partial charge in [0.2, 0.25) is 5.91 Å². The van der Waals surface area contributed by atoms with Crippen LogP contribution in [0.3, 0.4) is 0 Å². The molecule has 0 bridgehead atoms. The number of hydrogen-bond donors (Lipinski definition) is 4. The number of rotatable bonds is 3. The van der Waals surface area contributed by atoms with Crippen LogP contribution in [0, 0.1) is 5.92 Å². The van der Waals surface area contributed by atoms with Gasteiger partial charge in [-0.05, 0) is 43.0 Å². The number of nitrogens with zero attached hydrogens (tertiary/aromatic N) is 2. The largest absolute Gasteiger partial charge is 0.359 e. The Labute approximate surface area is 163 Å². The number of hydrogen-bond acceptors (Lipinski definition) is 6. The second-order valence-corrected chi connectivity index (χ2v) is 7.95. The number of aromatic amines is 2. The Morgan fingerprint density at radius 3 is 3.04 bits per heavy atom. The Bertz CT molecular complexity index is 1270. The van der Waals surface area contributed by atoms with E-state index in [1.165, 1.54) is 17.7 Å². The summed E-state index contributed by atoms with van der Waals surface area (Å²) in [6, 6.07) is 5.71. The van der Waals surface area contributed by atoms with Crippen LogP contribution in [0.15, 0.2) is 29.3 Å². The number of H-pyrrole nitrogens is 2. The molecule has 0 aliphatic heterocycles. The van der Waals surface area contributed by atoms with Crippen LogP contribution in [0.25, 0.3) is 21.3 Å². The van der Waals surface area contributed by atoms with Crippen molar-refractivity contribution in [3.05, 3.63) is 45.5 Å². The van der Waals surface area contributed by atoms with Gasteiger partial charge in [-0.2, -0.15) is 0 Å². The van der Waals surface area contributed by atoms with Crippen molar-refractivity contribution >= 4 is 50.0 Å². The Morgan fingerprint density at radius 2 is 2.18 bits per heavy atom. The molecule has 0 radical (unpaired) electrons. The fourth-order valence-electron chi connectivity index (χ4n) is 3.92. The van der Waals surface area contributed by atoms with Gasteiger partial charge in [-0.1, -0.05) is 11.3 Å². The molecule has 0 saturated carbocycles. The third-order valence-electron chi connectivity index (χ3n) is 5.28. The summed E-state index contributed by atoms with van der Waals surface area (Å²) in [5, 5.41) is 7.04. The van der Waals surface area contributed by atoms with E-state index in [-0.39, 0.29) is 16.7 Å². The minimum Gasteiger partial charge on any atom is -0.359 e. The highest BCUT2D eigenvalue weighted by molar-refractivity contribution is 7.16. The fourth-order valence-corrected chi connectivity index (χ4v) is 4.70. The Hall–Kier alpha value is -3.20. The molecule has 3 aromatic heterocycles. The number of nitrogens with one attached hydrogen (secondary N) is 4. The first-order chi connectivity index (χ1) is 13.6. The van der Waals surface area contributed by atoms with Crippen molar-refractivity contribution in [2.24, 2.45) is 5.92 Å². The molecule has 0 fully saturated rings. The van der Waals surface area contributed by atoms with Gasteiger partial charge in [0.25, 0.3) is 0 Å². The van der Waals surface area contributed by atoms with E-state index in [0.29, 0.717) is 12.2 Å². The van der Waals surface area contributed by atoms with Crippen molar-refractivity contribution in [1.82, 2.24) is 25.3 Å². The van der Waals surface area contributed by atoms with Gasteiger partial charge in [-0.3, -0.25) is 9.59 Å². The molecule has 0 unspecified atom stereocenters. The zero-order valence-corrected chi connectivity index (χ0v) is 15.9. The molecule has 4 aromatic rings. The average Bonchev–Trinajstić information content (AvgIpc) is 3.26. The number of aryl methyl sites for hydroxylation is 1.